The molecule has 4 heteroatoms. The Morgan fingerprint density at radius 1 is 1.12 bits per heavy atom. The van der Waals surface area contributed by atoms with Crippen molar-refractivity contribution >= 4 is 26.7 Å². The van der Waals surface area contributed by atoms with E-state index in [0.717, 1.165) is 21.1 Å². The van der Waals surface area contributed by atoms with E-state index in [-0.39, 0.29) is 0 Å². The van der Waals surface area contributed by atoms with Gasteiger partial charge in [0.05, 0.1) is 0 Å². The van der Waals surface area contributed by atoms with E-state index in [2.05, 4.69) is 32.1 Å². The highest BCUT2D eigenvalue weighted by Gasteiger charge is 2.04. The molecule has 0 saturated heterocycles. The van der Waals surface area contributed by atoms with E-state index in [1.165, 1.54) is 0 Å². The largest absolute Gasteiger partial charge is 0.237 e. The van der Waals surface area contributed by atoms with Crippen LogP contribution in [0.2, 0.25) is 0 Å². The highest BCUT2D eigenvalue weighted by Crippen LogP contribution is 2.23. The minimum Gasteiger partial charge on any atom is -0.237 e. The Balaban J connectivity index is 2.34. The third kappa shape index (κ3) is 1.51. The van der Waals surface area contributed by atoms with Crippen LogP contribution in [0.15, 0.2) is 53.4 Å². The van der Waals surface area contributed by atoms with E-state index in [0.29, 0.717) is 0 Å². The van der Waals surface area contributed by atoms with Crippen molar-refractivity contribution < 1.29 is 0 Å². The van der Waals surface area contributed by atoms with Gasteiger partial charge < -0.3 is 0 Å². The van der Waals surface area contributed by atoms with Gasteiger partial charge in [0.2, 0.25) is 0 Å². The van der Waals surface area contributed by atoms with Crippen LogP contribution in [0.3, 0.4) is 0 Å². The SMILES string of the molecule is Brc1ccc2c(-n3cccn3)nccc2c1. The number of hydrogen-bond acceptors (Lipinski definition) is 2. The molecule has 0 aliphatic heterocycles. The van der Waals surface area contributed by atoms with Gasteiger partial charge in [-0.2, -0.15) is 5.10 Å². The minimum atomic E-state index is 0.856. The lowest BCUT2D eigenvalue weighted by atomic mass is 10.1. The molecule has 2 aromatic heterocycles. The van der Waals surface area contributed by atoms with E-state index < -0.39 is 0 Å². The minimum absolute atomic E-state index is 0.856. The summed E-state index contributed by atoms with van der Waals surface area (Å²) >= 11 is 3.46. The molecule has 0 unspecified atom stereocenters. The molecule has 0 amide bonds. The fourth-order valence-corrected chi connectivity index (χ4v) is 2.09. The second kappa shape index (κ2) is 3.72. The van der Waals surface area contributed by atoms with Crippen LogP contribution >= 0.6 is 15.9 Å². The molecule has 1 aromatic carbocycles. The van der Waals surface area contributed by atoms with Crippen LogP contribution in [0.4, 0.5) is 0 Å². The average molecular weight is 274 g/mol. The molecule has 0 aliphatic rings. The summed E-state index contributed by atoms with van der Waals surface area (Å²) in [6.07, 6.45) is 5.44. The first-order valence-electron chi connectivity index (χ1n) is 4.89. The van der Waals surface area contributed by atoms with Gasteiger partial charge in [-0.1, -0.05) is 15.9 Å². The predicted molar refractivity (Wildman–Crippen MR) is 66.6 cm³/mol. The summed E-state index contributed by atoms with van der Waals surface area (Å²) in [5.74, 6) is 0.856. The van der Waals surface area contributed by atoms with Crippen LogP contribution in [0.25, 0.3) is 16.6 Å². The highest BCUT2D eigenvalue weighted by molar-refractivity contribution is 9.10. The average Bonchev–Trinajstić information content (AvgIpc) is 2.81. The first-order valence-corrected chi connectivity index (χ1v) is 5.68. The third-order valence-electron chi connectivity index (χ3n) is 2.43. The molecule has 0 fully saturated rings. The summed E-state index contributed by atoms with van der Waals surface area (Å²) < 4.78 is 2.84. The molecule has 0 saturated carbocycles. The van der Waals surface area contributed by atoms with Crippen molar-refractivity contribution in [2.45, 2.75) is 0 Å². The van der Waals surface area contributed by atoms with Crippen LogP contribution < -0.4 is 0 Å². The molecular weight excluding hydrogens is 266 g/mol. The van der Waals surface area contributed by atoms with E-state index in [9.17, 15) is 0 Å². The van der Waals surface area contributed by atoms with Crippen molar-refractivity contribution in [2.24, 2.45) is 0 Å². The van der Waals surface area contributed by atoms with Crippen LogP contribution in [0.5, 0.6) is 0 Å². The normalized spacial score (nSPS) is 10.8. The zero-order valence-electron chi connectivity index (χ0n) is 8.34. The molecule has 78 valence electrons. The van der Waals surface area contributed by atoms with Gasteiger partial charge in [-0.25, -0.2) is 9.67 Å². The van der Waals surface area contributed by atoms with Crippen molar-refractivity contribution in [1.29, 1.82) is 0 Å². The Morgan fingerprint density at radius 3 is 2.88 bits per heavy atom. The van der Waals surface area contributed by atoms with Gasteiger partial charge in [-0.3, -0.25) is 0 Å². The topological polar surface area (TPSA) is 30.7 Å². The number of aromatic nitrogens is 3. The van der Waals surface area contributed by atoms with Crippen molar-refractivity contribution in [3.63, 3.8) is 0 Å². The molecule has 0 atom stereocenters. The van der Waals surface area contributed by atoms with Gasteiger partial charge in [-0.05, 0) is 35.7 Å². The molecular formula is C12H8BrN3. The molecule has 16 heavy (non-hydrogen) atoms. The number of hydrogen-bond donors (Lipinski definition) is 0. The van der Waals surface area contributed by atoms with E-state index in [4.69, 9.17) is 0 Å². The summed E-state index contributed by atoms with van der Waals surface area (Å²) in [5, 5.41) is 6.44. The summed E-state index contributed by atoms with van der Waals surface area (Å²) in [7, 11) is 0. The zero-order chi connectivity index (χ0) is 11.0. The van der Waals surface area contributed by atoms with Gasteiger partial charge in [0, 0.05) is 28.4 Å². The smallest absolute Gasteiger partial charge is 0.161 e. The number of pyridine rings is 1. The lowest BCUT2D eigenvalue weighted by Crippen LogP contribution is -1.98. The standard InChI is InChI=1S/C12H8BrN3/c13-10-2-3-11-9(8-10)4-6-14-12(11)16-7-1-5-15-16/h1-8H. The van der Waals surface area contributed by atoms with Crippen LogP contribution in [-0.4, -0.2) is 14.8 Å². The lowest BCUT2D eigenvalue weighted by Gasteiger charge is -2.05. The fraction of sp³-hybridized carbons (Fsp3) is 0. The number of nitrogens with zero attached hydrogens (tertiary/aromatic N) is 3. The van der Waals surface area contributed by atoms with E-state index in [1.807, 2.05) is 30.5 Å². The summed E-state index contributed by atoms with van der Waals surface area (Å²) in [6, 6.07) is 10.0. The molecule has 0 aliphatic carbocycles. The maximum Gasteiger partial charge on any atom is 0.161 e. The molecule has 3 aromatic rings. The van der Waals surface area contributed by atoms with Gasteiger partial charge >= 0.3 is 0 Å². The van der Waals surface area contributed by atoms with Crippen LogP contribution in [0, 0.1) is 0 Å². The second-order valence-corrected chi connectivity index (χ2v) is 4.37. The zero-order valence-corrected chi connectivity index (χ0v) is 9.92. The summed E-state index contributed by atoms with van der Waals surface area (Å²) in [5.41, 5.74) is 0. The maximum atomic E-state index is 4.36. The van der Waals surface area contributed by atoms with E-state index >= 15 is 0 Å². The van der Waals surface area contributed by atoms with Crippen molar-refractivity contribution in [1.82, 2.24) is 14.8 Å². The van der Waals surface area contributed by atoms with Crippen molar-refractivity contribution in [2.75, 3.05) is 0 Å². The highest BCUT2D eigenvalue weighted by atomic mass is 79.9. The van der Waals surface area contributed by atoms with Gasteiger partial charge in [0.25, 0.3) is 0 Å². The molecule has 3 nitrogen and oxygen atoms in total. The van der Waals surface area contributed by atoms with Crippen molar-refractivity contribution in [3.8, 4) is 5.82 Å². The quantitative estimate of drug-likeness (QED) is 0.682. The Hall–Kier alpha value is -1.68. The molecule has 0 spiro atoms. The predicted octanol–water partition coefficient (Wildman–Crippen LogP) is 3.18. The van der Waals surface area contributed by atoms with Gasteiger partial charge in [0.1, 0.15) is 0 Å². The second-order valence-electron chi connectivity index (χ2n) is 3.45. The van der Waals surface area contributed by atoms with Crippen LogP contribution in [-0.2, 0) is 0 Å². The van der Waals surface area contributed by atoms with E-state index in [1.54, 1.807) is 17.1 Å². The van der Waals surface area contributed by atoms with Gasteiger partial charge in [-0.15, -0.1) is 0 Å². The number of halogens is 1. The monoisotopic (exact) mass is 273 g/mol. The Bertz CT molecular complexity index is 632. The molecule has 0 bridgehead atoms. The Kier molecular flexibility index (Phi) is 2.22. The molecule has 2 heterocycles. The first-order chi connectivity index (χ1) is 7.84. The van der Waals surface area contributed by atoms with Gasteiger partial charge in [0.15, 0.2) is 5.82 Å². The molecule has 3 rings (SSSR count). The number of fused-ring (bicyclic) bond motifs is 1. The maximum absolute atomic E-state index is 4.36. The summed E-state index contributed by atoms with van der Waals surface area (Å²) in [6.45, 7) is 0. The lowest BCUT2D eigenvalue weighted by molar-refractivity contribution is 0.856. The van der Waals surface area contributed by atoms with Crippen LogP contribution in [0.1, 0.15) is 0 Å². The third-order valence-corrected chi connectivity index (χ3v) is 2.92. The Labute approximate surface area is 101 Å². The number of benzene rings is 1. The Morgan fingerprint density at radius 2 is 2.06 bits per heavy atom. The van der Waals surface area contributed by atoms with Crippen molar-refractivity contribution in [3.05, 3.63) is 53.4 Å². The molecule has 0 N–H and O–H groups in total. The summed E-state index contributed by atoms with van der Waals surface area (Å²) in [4.78, 5) is 4.36. The number of rotatable bonds is 1. The fourth-order valence-electron chi connectivity index (χ4n) is 1.71. The first kappa shape index (κ1) is 9.54. The molecule has 0 radical (unpaired) electrons.